The summed E-state index contributed by atoms with van der Waals surface area (Å²) in [6.45, 7) is 0.452. The van der Waals surface area contributed by atoms with Gasteiger partial charge in [0.2, 0.25) is 0 Å². The molecule has 1 amide bonds. The first-order valence-corrected chi connectivity index (χ1v) is 12.8. The van der Waals surface area contributed by atoms with Crippen LogP contribution in [0.3, 0.4) is 0 Å². The monoisotopic (exact) mass is 582 g/mol. The summed E-state index contributed by atoms with van der Waals surface area (Å²) in [6, 6.07) is 6.43. The highest BCUT2D eigenvalue weighted by Gasteiger charge is 2.38. The van der Waals surface area contributed by atoms with Crippen LogP contribution >= 0.6 is 11.8 Å². The number of carboxylic acids is 1. The summed E-state index contributed by atoms with van der Waals surface area (Å²) in [7, 11) is 0. The van der Waals surface area contributed by atoms with Crippen LogP contribution in [0.2, 0.25) is 0 Å². The largest absolute Gasteiger partial charge is 0.481 e. The fraction of sp³-hybridized carbons (Fsp3) is 0.308. The number of fused-ring (bicyclic) bond motifs is 1. The van der Waals surface area contributed by atoms with Crippen LogP contribution in [-0.4, -0.2) is 49.9 Å². The highest BCUT2D eigenvalue weighted by Crippen LogP contribution is 2.38. The van der Waals surface area contributed by atoms with Crippen LogP contribution in [0.25, 0.3) is 17.0 Å². The number of thioether (sulfide) groups is 1. The van der Waals surface area contributed by atoms with E-state index in [-0.39, 0.29) is 18.2 Å². The van der Waals surface area contributed by atoms with Gasteiger partial charge in [-0.05, 0) is 66.1 Å². The van der Waals surface area contributed by atoms with Gasteiger partial charge in [0.1, 0.15) is 0 Å². The van der Waals surface area contributed by atoms with E-state index in [1.165, 1.54) is 10.9 Å². The molecule has 0 bridgehead atoms. The summed E-state index contributed by atoms with van der Waals surface area (Å²) in [4.78, 5) is 30.1. The average molecular weight is 583 g/mol. The lowest BCUT2D eigenvalue weighted by Gasteiger charge is -2.31. The molecule has 40 heavy (non-hydrogen) atoms. The van der Waals surface area contributed by atoms with Gasteiger partial charge in [0.05, 0.1) is 40.2 Å². The third-order valence-corrected chi connectivity index (χ3v) is 7.72. The molecule has 0 saturated carbocycles. The van der Waals surface area contributed by atoms with E-state index in [0.29, 0.717) is 52.0 Å². The number of hydrogen-bond donors (Lipinski definition) is 1. The number of alkyl halides is 6. The van der Waals surface area contributed by atoms with Crippen molar-refractivity contribution in [1.82, 2.24) is 14.7 Å². The number of likely N-dealkylation sites (tertiary alicyclic amines) is 1. The van der Waals surface area contributed by atoms with Gasteiger partial charge in [-0.25, -0.2) is 0 Å². The molecule has 2 aromatic carbocycles. The molecule has 1 fully saturated rings. The molecule has 1 saturated heterocycles. The maximum Gasteiger partial charge on any atom is 0.416 e. The van der Waals surface area contributed by atoms with Crippen LogP contribution in [0.4, 0.5) is 26.3 Å². The van der Waals surface area contributed by atoms with Crippen molar-refractivity contribution >= 4 is 45.8 Å². The zero-order valence-electron chi connectivity index (χ0n) is 20.5. The van der Waals surface area contributed by atoms with Gasteiger partial charge in [-0.1, -0.05) is 12.1 Å². The van der Waals surface area contributed by atoms with E-state index in [4.69, 9.17) is 0 Å². The SMILES string of the molecule is O=C1N=C(N2CCCC(C(=O)O)C2)SC1=Cc1ccc2c(cnn2Cc2ccc(C(F)(F)F)cc2C(F)(F)F)c1. The van der Waals surface area contributed by atoms with Gasteiger partial charge in [-0.3, -0.25) is 14.3 Å². The minimum absolute atomic E-state index is 0.101. The number of nitrogens with zero attached hydrogens (tertiary/aromatic N) is 4. The summed E-state index contributed by atoms with van der Waals surface area (Å²) < 4.78 is 81.0. The lowest BCUT2D eigenvalue weighted by atomic mass is 9.99. The number of piperidine rings is 1. The van der Waals surface area contributed by atoms with Gasteiger partial charge >= 0.3 is 18.3 Å². The van der Waals surface area contributed by atoms with Crippen LogP contribution < -0.4 is 0 Å². The van der Waals surface area contributed by atoms with Gasteiger partial charge in [-0.15, -0.1) is 0 Å². The number of carbonyl (C=O) groups is 2. The van der Waals surface area contributed by atoms with Crippen LogP contribution in [0.1, 0.15) is 35.1 Å². The summed E-state index contributed by atoms with van der Waals surface area (Å²) in [5, 5.41) is 14.4. The number of amidine groups is 1. The number of aromatic nitrogens is 2. The van der Waals surface area contributed by atoms with Crippen molar-refractivity contribution in [3.8, 4) is 0 Å². The van der Waals surface area contributed by atoms with Crippen LogP contribution in [0, 0.1) is 5.92 Å². The molecule has 1 unspecified atom stereocenters. The highest BCUT2D eigenvalue weighted by molar-refractivity contribution is 8.18. The molecule has 0 radical (unpaired) electrons. The molecule has 2 aliphatic rings. The zero-order chi connectivity index (χ0) is 28.8. The van der Waals surface area contributed by atoms with Gasteiger partial charge in [0, 0.05) is 18.5 Å². The van der Waals surface area contributed by atoms with Crippen molar-refractivity contribution < 1.29 is 41.0 Å². The van der Waals surface area contributed by atoms with E-state index in [9.17, 15) is 41.0 Å². The molecule has 14 heteroatoms. The molecule has 5 rings (SSSR count). The molecule has 3 aromatic rings. The lowest BCUT2D eigenvalue weighted by molar-refractivity contribution is -0.144. The topological polar surface area (TPSA) is 87.8 Å². The molecule has 210 valence electrons. The van der Waals surface area contributed by atoms with E-state index < -0.39 is 47.8 Å². The maximum absolute atomic E-state index is 13.6. The Morgan fingerprint density at radius 1 is 1.10 bits per heavy atom. The molecule has 1 N–H and O–H groups in total. The van der Waals surface area contributed by atoms with Crippen molar-refractivity contribution in [3.05, 3.63) is 69.8 Å². The molecule has 7 nitrogen and oxygen atoms in total. The average Bonchev–Trinajstić information content (AvgIpc) is 3.45. The molecular formula is C26H20F6N4O3S. The number of benzene rings is 2. The molecule has 1 atom stereocenters. The Kier molecular flexibility index (Phi) is 7.15. The minimum atomic E-state index is -4.99. The Labute approximate surface area is 227 Å². The fourth-order valence-corrected chi connectivity index (χ4v) is 5.62. The van der Waals surface area contributed by atoms with Crippen molar-refractivity contribution in [2.45, 2.75) is 31.7 Å². The summed E-state index contributed by atoms with van der Waals surface area (Å²) in [6.07, 6.45) is -5.66. The lowest BCUT2D eigenvalue weighted by Crippen LogP contribution is -2.40. The first-order chi connectivity index (χ1) is 18.8. The number of halogens is 6. The van der Waals surface area contributed by atoms with E-state index in [1.54, 1.807) is 29.2 Å². The minimum Gasteiger partial charge on any atom is -0.481 e. The predicted molar refractivity (Wildman–Crippen MR) is 135 cm³/mol. The van der Waals surface area contributed by atoms with Crippen molar-refractivity contribution in [3.63, 3.8) is 0 Å². The Morgan fingerprint density at radius 2 is 1.88 bits per heavy atom. The van der Waals surface area contributed by atoms with E-state index >= 15 is 0 Å². The Balaban J connectivity index is 1.36. The molecule has 3 heterocycles. The highest BCUT2D eigenvalue weighted by atomic mass is 32.2. The second-order valence-electron chi connectivity index (χ2n) is 9.42. The summed E-state index contributed by atoms with van der Waals surface area (Å²) in [5.74, 6) is -1.89. The number of carbonyl (C=O) groups excluding carboxylic acids is 1. The van der Waals surface area contributed by atoms with Gasteiger partial charge in [0.15, 0.2) is 5.17 Å². The quantitative estimate of drug-likeness (QED) is 0.305. The molecule has 2 aliphatic heterocycles. The Morgan fingerprint density at radius 3 is 2.58 bits per heavy atom. The molecule has 0 aliphatic carbocycles. The Bertz CT molecular complexity index is 1560. The number of rotatable bonds is 4. The van der Waals surface area contributed by atoms with Crippen LogP contribution in [-0.2, 0) is 28.5 Å². The van der Waals surface area contributed by atoms with Gasteiger partial charge < -0.3 is 10.0 Å². The van der Waals surface area contributed by atoms with Crippen LogP contribution in [0.5, 0.6) is 0 Å². The van der Waals surface area contributed by atoms with Crippen molar-refractivity contribution in [2.75, 3.05) is 13.1 Å². The first-order valence-electron chi connectivity index (χ1n) is 12.0. The third kappa shape index (κ3) is 5.71. The number of amides is 1. The number of aliphatic imine (C=N–C) groups is 1. The van der Waals surface area contributed by atoms with Gasteiger partial charge in [0.25, 0.3) is 5.91 Å². The zero-order valence-corrected chi connectivity index (χ0v) is 21.3. The molecule has 1 aromatic heterocycles. The maximum atomic E-state index is 13.6. The summed E-state index contributed by atoms with van der Waals surface area (Å²) >= 11 is 1.14. The Hall–Kier alpha value is -3.81. The van der Waals surface area contributed by atoms with Crippen molar-refractivity contribution in [2.24, 2.45) is 10.9 Å². The first kappa shape index (κ1) is 27.7. The fourth-order valence-electron chi connectivity index (χ4n) is 4.67. The summed E-state index contributed by atoms with van der Waals surface area (Å²) in [5.41, 5.74) is -2.09. The molecular weight excluding hydrogens is 562 g/mol. The second-order valence-corrected chi connectivity index (χ2v) is 10.4. The third-order valence-electron chi connectivity index (χ3n) is 6.68. The second kappa shape index (κ2) is 10.3. The number of aliphatic carboxylic acids is 1. The number of carboxylic acid groups (broad SMARTS) is 1. The normalized spacial score (nSPS) is 19.5. The van der Waals surface area contributed by atoms with E-state index in [1.807, 2.05) is 0 Å². The standard InChI is InChI=1S/C26H20F6N4O3S/c27-25(28,29)18-5-4-15(19(10-18)26(30,31)32)13-36-20-6-3-14(8-17(20)11-33-36)9-21-22(37)34-24(40-21)35-7-1-2-16(12-35)23(38)39/h3-6,8-11,16H,1-2,7,12-13H2,(H,38,39). The smallest absolute Gasteiger partial charge is 0.416 e. The van der Waals surface area contributed by atoms with E-state index in [2.05, 4.69) is 10.1 Å². The van der Waals surface area contributed by atoms with Crippen LogP contribution in [0.15, 0.2) is 52.5 Å². The van der Waals surface area contributed by atoms with Gasteiger partial charge in [-0.2, -0.15) is 36.4 Å². The number of hydrogen-bond acceptors (Lipinski definition) is 5. The predicted octanol–water partition coefficient (Wildman–Crippen LogP) is 5.89. The van der Waals surface area contributed by atoms with Crippen molar-refractivity contribution in [1.29, 1.82) is 0 Å². The van der Waals surface area contributed by atoms with E-state index in [0.717, 1.165) is 17.8 Å². The molecule has 0 spiro atoms.